The first kappa shape index (κ1) is 27.3. The number of tetrazole rings is 1. The van der Waals surface area contributed by atoms with E-state index >= 15 is 0 Å². The van der Waals surface area contributed by atoms with Gasteiger partial charge in [0.2, 0.25) is 5.82 Å². The third-order valence-corrected chi connectivity index (χ3v) is 6.39. The summed E-state index contributed by atoms with van der Waals surface area (Å²) in [6.07, 6.45) is -7.28. The molecular formula is C24H21ClF3N7O5. The smallest absolute Gasteiger partial charge is 0.452 e. The number of carbonyl (C=O) groups is 1. The maximum Gasteiger partial charge on any atom is 0.452 e. The summed E-state index contributed by atoms with van der Waals surface area (Å²) in [5.74, 6) is -1.78. The zero-order valence-corrected chi connectivity index (χ0v) is 21.7. The van der Waals surface area contributed by atoms with Crippen LogP contribution in [0, 0.1) is 0 Å². The first-order chi connectivity index (χ1) is 19.1. The number of para-hydroxylation sites is 1. The van der Waals surface area contributed by atoms with Gasteiger partial charge in [-0.1, -0.05) is 23.7 Å². The van der Waals surface area contributed by atoms with E-state index in [1.165, 1.54) is 32.4 Å². The Morgan fingerprint density at radius 1 is 1.12 bits per heavy atom. The number of aliphatic carboxylic acids is 1. The lowest BCUT2D eigenvalue weighted by Gasteiger charge is -2.25. The van der Waals surface area contributed by atoms with Crippen LogP contribution < -0.4 is 9.47 Å². The minimum atomic E-state index is -4.83. The van der Waals surface area contributed by atoms with Gasteiger partial charge in [-0.15, -0.1) is 20.4 Å². The highest BCUT2D eigenvalue weighted by Gasteiger charge is 2.43. The number of aryl methyl sites for hydroxylation is 1. The number of nitrogens with zero attached hydrogens (tertiary/aromatic N) is 7. The monoisotopic (exact) mass is 579 g/mol. The molecule has 0 unspecified atom stereocenters. The lowest BCUT2D eigenvalue weighted by atomic mass is 9.98. The van der Waals surface area contributed by atoms with E-state index in [0.29, 0.717) is 22.6 Å². The lowest BCUT2D eigenvalue weighted by Crippen LogP contribution is -2.17. The molecule has 0 bridgehead atoms. The Kier molecular flexibility index (Phi) is 7.33. The van der Waals surface area contributed by atoms with Gasteiger partial charge in [0.25, 0.3) is 0 Å². The van der Waals surface area contributed by atoms with Crippen molar-refractivity contribution in [1.82, 2.24) is 35.0 Å². The van der Waals surface area contributed by atoms with Crippen molar-refractivity contribution in [3.63, 3.8) is 0 Å². The van der Waals surface area contributed by atoms with Gasteiger partial charge in [-0.2, -0.15) is 18.0 Å². The number of methoxy groups -OCH3 is 2. The van der Waals surface area contributed by atoms with Crippen molar-refractivity contribution in [2.75, 3.05) is 14.2 Å². The molecule has 0 saturated carbocycles. The van der Waals surface area contributed by atoms with E-state index in [1.54, 1.807) is 18.2 Å². The number of hydrogen-bond acceptors (Lipinski definition) is 9. The van der Waals surface area contributed by atoms with Crippen molar-refractivity contribution in [3.05, 3.63) is 70.0 Å². The first-order valence-electron chi connectivity index (χ1n) is 11.8. The second kappa shape index (κ2) is 10.7. The van der Waals surface area contributed by atoms with Gasteiger partial charge < -0.3 is 19.3 Å². The van der Waals surface area contributed by atoms with Gasteiger partial charge in [0.15, 0.2) is 23.1 Å². The molecule has 0 aliphatic carbocycles. The number of carboxylic acids is 1. The van der Waals surface area contributed by atoms with Crippen molar-refractivity contribution in [3.8, 4) is 17.2 Å². The number of alkyl halides is 3. The second-order valence-electron chi connectivity index (χ2n) is 8.67. The predicted octanol–water partition coefficient (Wildman–Crippen LogP) is 3.82. The van der Waals surface area contributed by atoms with E-state index in [-0.39, 0.29) is 35.3 Å². The normalized spacial score (nSPS) is 16.6. The van der Waals surface area contributed by atoms with Crippen LogP contribution >= 0.6 is 11.6 Å². The van der Waals surface area contributed by atoms with Gasteiger partial charge >= 0.3 is 12.1 Å². The summed E-state index contributed by atoms with van der Waals surface area (Å²) in [6.45, 7) is 0.0184. The molecule has 0 spiro atoms. The van der Waals surface area contributed by atoms with Crippen molar-refractivity contribution >= 4 is 17.6 Å². The standard InChI is InChI=1S/C24H21ClF3N7O5/c1-38-16-5-3-4-13(21(16)39-2)20-14-10-12(25)6-7-15(14)35-22(30-31-23(35)24(26,27)28)17(40-20)8-9-34-32-18(29-33-34)11-19(36)37/h3-7,10,17,20H,8-9,11H2,1-2H3,(H,36,37)/t17-,20-/m1/s1. The van der Waals surface area contributed by atoms with E-state index in [4.69, 9.17) is 30.9 Å². The van der Waals surface area contributed by atoms with Gasteiger partial charge in [0.05, 0.1) is 26.5 Å². The molecule has 2 aromatic heterocycles. The minimum Gasteiger partial charge on any atom is -0.493 e. The van der Waals surface area contributed by atoms with Crippen LogP contribution in [0.1, 0.15) is 47.2 Å². The SMILES string of the molecule is COc1cccc([C@H]2O[C@H](CCn3nnc(CC(=O)O)n3)c3nnc(C(F)(F)F)n3-c3ccc(Cl)cc32)c1OC. The van der Waals surface area contributed by atoms with Crippen LogP contribution in [-0.4, -0.2) is 60.3 Å². The molecule has 0 saturated heterocycles. The maximum atomic E-state index is 14.1. The molecule has 0 radical (unpaired) electrons. The van der Waals surface area contributed by atoms with E-state index in [2.05, 4.69) is 25.6 Å². The number of benzene rings is 2. The molecular weight excluding hydrogens is 559 g/mol. The quantitative estimate of drug-likeness (QED) is 0.328. The van der Waals surface area contributed by atoms with Crippen LogP contribution in [0.2, 0.25) is 5.02 Å². The number of ether oxygens (including phenoxy) is 3. The largest absolute Gasteiger partial charge is 0.493 e. The zero-order chi connectivity index (χ0) is 28.6. The van der Waals surface area contributed by atoms with E-state index in [1.807, 2.05) is 0 Å². The fourth-order valence-corrected chi connectivity index (χ4v) is 4.71. The number of aromatic nitrogens is 7. The third kappa shape index (κ3) is 5.16. The number of rotatable bonds is 8. The average Bonchev–Trinajstić information content (AvgIpc) is 3.52. The van der Waals surface area contributed by atoms with E-state index < -0.39 is 36.6 Å². The summed E-state index contributed by atoms with van der Waals surface area (Å²) in [5, 5.41) is 28.1. The molecule has 1 aliphatic heterocycles. The highest BCUT2D eigenvalue weighted by atomic mass is 35.5. The molecule has 16 heteroatoms. The predicted molar refractivity (Wildman–Crippen MR) is 130 cm³/mol. The van der Waals surface area contributed by atoms with Crippen LogP contribution in [0.15, 0.2) is 36.4 Å². The molecule has 40 heavy (non-hydrogen) atoms. The van der Waals surface area contributed by atoms with Crippen molar-refractivity contribution in [1.29, 1.82) is 0 Å². The number of hydrogen-bond donors (Lipinski definition) is 1. The Morgan fingerprint density at radius 3 is 2.62 bits per heavy atom. The molecule has 210 valence electrons. The fraction of sp³-hybridized carbons (Fsp3) is 0.333. The summed E-state index contributed by atoms with van der Waals surface area (Å²) in [5.41, 5.74) is 0.915. The molecule has 2 aromatic carbocycles. The van der Waals surface area contributed by atoms with Crippen LogP contribution in [-0.2, 0) is 28.7 Å². The summed E-state index contributed by atoms with van der Waals surface area (Å²) in [4.78, 5) is 12.1. The molecule has 4 aromatic rings. The van der Waals surface area contributed by atoms with Gasteiger partial charge in [0, 0.05) is 22.6 Å². The Labute approximate surface area is 229 Å². The Hall–Kier alpha value is -4.24. The van der Waals surface area contributed by atoms with Crippen LogP contribution in [0.4, 0.5) is 13.2 Å². The third-order valence-electron chi connectivity index (χ3n) is 6.15. The average molecular weight is 580 g/mol. The molecule has 0 fully saturated rings. The van der Waals surface area contributed by atoms with Gasteiger partial charge in [-0.05, 0) is 29.5 Å². The molecule has 2 atom stereocenters. The van der Waals surface area contributed by atoms with Crippen LogP contribution in [0.5, 0.6) is 11.5 Å². The second-order valence-corrected chi connectivity index (χ2v) is 9.10. The van der Waals surface area contributed by atoms with Crippen LogP contribution in [0.3, 0.4) is 0 Å². The van der Waals surface area contributed by atoms with Crippen molar-refractivity contribution in [2.45, 2.75) is 37.8 Å². The van der Waals surface area contributed by atoms with Crippen molar-refractivity contribution in [2.24, 2.45) is 0 Å². The summed E-state index contributed by atoms with van der Waals surface area (Å²) in [7, 11) is 2.90. The Morgan fingerprint density at radius 2 is 1.93 bits per heavy atom. The van der Waals surface area contributed by atoms with E-state index in [9.17, 15) is 18.0 Å². The molecule has 0 amide bonds. The van der Waals surface area contributed by atoms with Gasteiger partial charge in [0.1, 0.15) is 18.6 Å². The number of halogens is 4. The molecule has 1 N–H and O–H groups in total. The van der Waals surface area contributed by atoms with Gasteiger partial charge in [-0.3, -0.25) is 9.36 Å². The number of fused-ring (bicyclic) bond motifs is 3. The minimum absolute atomic E-state index is 0.0159. The maximum absolute atomic E-state index is 14.1. The molecule has 12 nitrogen and oxygen atoms in total. The summed E-state index contributed by atoms with van der Waals surface area (Å²) >= 11 is 6.32. The number of carboxylic acid groups (broad SMARTS) is 1. The summed E-state index contributed by atoms with van der Waals surface area (Å²) in [6, 6.07) is 9.52. The first-order valence-corrected chi connectivity index (χ1v) is 12.2. The van der Waals surface area contributed by atoms with E-state index in [0.717, 1.165) is 9.36 Å². The zero-order valence-electron chi connectivity index (χ0n) is 21.0. The van der Waals surface area contributed by atoms with Crippen LogP contribution in [0.25, 0.3) is 5.69 Å². The van der Waals surface area contributed by atoms with Crippen molar-refractivity contribution < 1.29 is 37.3 Å². The highest BCUT2D eigenvalue weighted by molar-refractivity contribution is 6.30. The molecule has 1 aliphatic rings. The Bertz CT molecular complexity index is 1560. The molecule has 5 rings (SSSR count). The fourth-order valence-electron chi connectivity index (χ4n) is 4.53. The lowest BCUT2D eigenvalue weighted by molar-refractivity contribution is -0.146. The highest BCUT2D eigenvalue weighted by Crippen LogP contribution is 2.47. The summed E-state index contributed by atoms with van der Waals surface area (Å²) < 4.78 is 60.8. The topological polar surface area (TPSA) is 139 Å². The Balaban J connectivity index is 1.65. The van der Waals surface area contributed by atoms with Gasteiger partial charge in [-0.25, -0.2) is 0 Å². The molecule has 3 heterocycles.